The number of piperazine rings is 1. The Bertz CT molecular complexity index is 544. The standard InChI is InChI=1S/C14H18N2OS/c1-15-5-7-16(8-6-15)10-11-9-12-13(17)3-2-4-14(12)18-11/h2-4,9,17H,5-8,10H2,1H3. The summed E-state index contributed by atoms with van der Waals surface area (Å²) in [6.07, 6.45) is 0. The number of hydrogen-bond donors (Lipinski definition) is 1. The number of nitrogens with zero attached hydrogens (tertiary/aromatic N) is 2. The van der Waals surface area contributed by atoms with Crippen molar-refractivity contribution < 1.29 is 5.11 Å². The Balaban J connectivity index is 1.77. The van der Waals surface area contributed by atoms with Crippen LogP contribution in [-0.4, -0.2) is 48.1 Å². The van der Waals surface area contributed by atoms with Gasteiger partial charge in [0.15, 0.2) is 0 Å². The van der Waals surface area contributed by atoms with Gasteiger partial charge in [-0.1, -0.05) is 6.07 Å². The third kappa shape index (κ3) is 2.36. The molecule has 0 unspecified atom stereocenters. The van der Waals surface area contributed by atoms with E-state index < -0.39 is 0 Å². The van der Waals surface area contributed by atoms with E-state index in [9.17, 15) is 5.11 Å². The van der Waals surface area contributed by atoms with Crippen molar-refractivity contribution >= 4 is 21.4 Å². The van der Waals surface area contributed by atoms with Gasteiger partial charge in [-0.3, -0.25) is 4.90 Å². The van der Waals surface area contributed by atoms with Gasteiger partial charge in [0.2, 0.25) is 0 Å². The molecule has 0 radical (unpaired) electrons. The fraction of sp³-hybridized carbons (Fsp3) is 0.429. The fourth-order valence-electron chi connectivity index (χ4n) is 2.40. The minimum absolute atomic E-state index is 0.397. The van der Waals surface area contributed by atoms with Crippen molar-refractivity contribution in [3.63, 3.8) is 0 Å². The largest absolute Gasteiger partial charge is 0.507 e. The number of rotatable bonds is 2. The number of thiophene rings is 1. The average Bonchev–Trinajstić information content (AvgIpc) is 2.76. The number of benzene rings is 1. The molecule has 3 rings (SSSR count). The Kier molecular flexibility index (Phi) is 3.24. The lowest BCUT2D eigenvalue weighted by molar-refractivity contribution is 0.149. The van der Waals surface area contributed by atoms with Crippen molar-refractivity contribution in [2.75, 3.05) is 33.2 Å². The van der Waals surface area contributed by atoms with Crippen molar-refractivity contribution in [3.05, 3.63) is 29.1 Å². The third-order valence-corrected chi connectivity index (χ3v) is 4.65. The number of fused-ring (bicyclic) bond motifs is 1. The van der Waals surface area contributed by atoms with E-state index in [4.69, 9.17) is 0 Å². The average molecular weight is 262 g/mol. The normalized spacial score (nSPS) is 18.5. The second kappa shape index (κ2) is 4.88. The van der Waals surface area contributed by atoms with Gasteiger partial charge < -0.3 is 10.0 Å². The summed E-state index contributed by atoms with van der Waals surface area (Å²) in [7, 11) is 2.18. The van der Waals surface area contributed by atoms with Gasteiger partial charge in [-0.05, 0) is 25.2 Å². The Labute approximate surface area is 111 Å². The van der Waals surface area contributed by atoms with Gasteiger partial charge in [-0.15, -0.1) is 11.3 Å². The summed E-state index contributed by atoms with van der Waals surface area (Å²) in [5, 5.41) is 10.8. The molecule has 0 bridgehead atoms. The highest BCUT2D eigenvalue weighted by atomic mass is 32.1. The topological polar surface area (TPSA) is 26.7 Å². The minimum atomic E-state index is 0.397. The monoisotopic (exact) mass is 262 g/mol. The van der Waals surface area contributed by atoms with Crippen LogP contribution >= 0.6 is 11.3 Å². The molecule has 1 N–H and O–H groups in total. The molecule has 0 saturated carbocycles. The van der Waals surface area contributed by atoms with Crippen molar-refractivity contribution in [3.8, 4) is 5.75 Å². The lowest BCUT2D eigenvalue weighted by Gasteiger charge is -2.31. The maximum Gasteiger partial charge on any atom is 0.124 e. The highest BCUT2D eigenvalue weighted by Crippen LogP contribution is 2.32. The maximum atomic E-state index is 9.81. The first kappa shape index (κ1) is 12.0. The third-order valence-electron chi connectivity index (χ3n) is 3.56. The number of likely N-dealkylation sites (N-methyl/N-ethyl adjacent to an activating group) is 1. The Morgan fingerprint density at radius 1 is 1.22 bits per heavy atom. The molecular formula is C14H18N2OS. The summed E-state index contributed by atoms with van der Waals surface area (Å²) >= 11 is 1.79. The van der Waals surface area contributed by atoms with Gasteiger partial charge in [0.1, 0.15) is 5.75 Å². The van der Waals surface area contributed by atoms with E-state index in [0.29, 0.717) is 5.75 Å². The molecule has 0 atom stereocenters. The van der Waals surface area contributed by atoms with Gasteiger partial charge >= 0.3 is 0 Å². The molecule has 1 aromatic heterocycles. The number of hydrogen-bond acceptors (Lipinski definition) is 4. The molecule has 2 aromatic rings. The van der Waals surface area contributed by atoms with Gasteiger partial charge in [-0.25, -0.2) is 0 Å². The van der Waals surface area contributed by atoms with Crippen LogP contribution in [0.2, 0.25) is 0 Å². The zero-order chi connectivity index (χ0) is 12.5. The predicted octanol–water partition coefficient (Wildman–Crippen LogP) is 2.35. The van der Waals surface area contributed by atoms with E-state index in [1.54, 1.807) is 17.4 Å². The van der Waals surface area contributed by atoms with Gasteiger partial charge in [0.05, 0.1) is 0 Å². The zero-order valence-electron chi connectivity index (χ0n) is 10.6. The van der Waals surface area contributed by atoms with Gasteiger partial charge in [-0.2, -0.15) is 0 Å². The van der Waals surface area contributed by atoms with Crippen LogP contribution in [0.15, 0.2) is 24.3 Å². The first-order chi connectivity index (χ1) is 8.72. The molecule has 1 aromatic carbocycles. The lowest BCUT2D eigenvalue weighted by Crippen LogP contribution is -2.43. The summed E-state index contributed by atoms with van der Waals surface area (Å²) in [4.78, 5) is 6.20. The number of phenolic OH excluding ortho intramolecular Hbond substituents is 1. The summed E-state index contributed by atoms with van der Waals surface area (Å²) in [6.45, 7) is 5.58. The molecule has 4 heteroatoms. The second-order valence-electron chi connectivity index (χ2n) is 4.98. The van der Waals surface area contributed by atoms with Crippen LogP contribution in [0.5, 0.6) is 5.75 Å². The molecular weight excluding hydrogens is 244 g/mol. The van der Waals surface area contributed by atoms with Crippen molar-refractivity contribution in [1.29, 1.82) is 0 Å². The first-order valence-electron chi connectivity index (χ1n) is 6.34. The van der Waals surface area contributed by atoms with Crippen LogP contribution in [0.4, 0.5) is 0 Å². The van der Waals surface area contributed by atoms with Gasteiger partial charge in [0, 0.05) is 47.7 Å². The molecule has 1 saturated heterocycles. The SMILES string of the molecule is CN1CCN(Cc2cc3c(O)cccc3s2)CC1. The van der Waals surface area contributed by atoms with E-state index in [1.807, 2.05) is 6.07 Å². The van der Waals surface area contributed by atoms with Crippen LogP contribution < -0.4 is 0 Å². The summed E-state index contributed by atoms with van der Waals surface area (Å²) in [6, 6.07) is 7.88. The Morgan fingerprint density at radius 3 is 2.72 bits per heavy atom. The van der Waals surface area contributed by atoms with E-state index >= 15 is 0 Å². The number of aromatic hydroxyl groups is 1. The smallest absolute Gasteiger partial charge is 0.124 e. The maximum absolute atomic E-state index is 9.81. The zero-order valence-corrected chi connectivity index (χ0v) is 11.4. The van der Waals surface area contributed by atoms with Gasteiger partial charge in [0.25, 0.3) is 0 Å². The van der Waals surface area contributed by atoms with Crippen molar-refractivity contribution in [2.45, 2.75) is 6.54 Å². The van der Waals surface area contributed by atoms with E-state index in [0.717, 1.165) is 38.1 Å². The first-order valence-corrected chi connectivity index (χ1v) is 7.15. The van der Waals surface area contributed by atoms with Crippen LogP contribution in [0.3, 0.4) is 0 Å². The Hall–Kier alpha value is -1.10. The van der Waals surface area contributed by atoms with Crippen molar-refractivity contribution in [1.82, 2.24) is 9.80 Å². The number of phenols is 1. The summed E-state index contributed by atoms with van der Waals surface area (Å²) < 4.78 is 1.18. The molecule has 18 heavy (non-hydrogen) atoms. The molecule has 1 aliphatic rings. The van der Waals surface area contributed by atoms with Crippen LogP contribution in [-0.2, 0) is 6.54 Å². The molecule has 96 valence electrons. The fourth-order valence-corrected chi connectivity index (χ4v) is 3.53. The molecule has 3 nitrogen and oxygen atoms in total. The van der Waals surface area contributed by atoms with E-state index in [2.05, 4.69) is 29.0 Å². The van der Waals surface area contributed by atoms with Crippen LogP contribution in [0, 0.1) is 0 Å². The highest BCUT2D eigenvalue weighted by Gasteiger charge is 2.15. The highest BCUT2D eigenvalue weighted by molar-refractivity contribution is 7.19. The van der Waals surface area contributed by atoms with Crippen LogP contribution in [0.25, 0.3) is 10.1 Å². The lowest BCUT2D eigenvalue weighted by atomic mass is 10.2. The Morgan fingerprint density at radius 2 is 2.00 bits per heavy atom. The van der Waals surface area contributed by atoms with Crippen molar-refractivity contribution in [2.24, 2.45) is 0 Å². The molecule has 0 aliphatic carbocycles. The quantitative estimate of drug-likeness (QED) is 0.900. The molecule has 1 aliphatic heterocycles. The van der Waals surface area contributed by atoms with E-state index in [-0.39, 0.29) is 0 Å². The second-order valence-corrected chi connectivity index (χ2v) is 6.15. The summed E-state index contributed by atoms with van der Waals surface area (Å²) in [5.74, 6) is 0.397. The molecule has 1 fully saturated rings. The minimum Gasteiger partial charge on any atom is -0.507 e. The molecule has 0 spiro atoms. The van der Waals surface area contributed by atoms with Crippen LogP contribution in [0.1, 0.15) is 4.88 Å². The molecule has 0 amide bonds. The summed E-state index contributed by atoms with van der Waals surface area (Å²) in [5.41, 5.74) is 0. The van der Waals surface area contributed by atoms with E-state index in [1.165, 1.54) is 9.58 Å². The molecule has 2 heterocycles. The predicted molar refractivity (Wildman–Crippen MR) is 76.3 cm³/mol.